The molecule has 0 unspecified atom stereocenters. The van der Waals surface area contributed by atoms with Crippen molar-refractivity contribution in [2.75, 3.05) is 18.4 Å². The molecule has 1 heterocycles. The second-order valence-electron chi connectivity index (χ2n) is 5.60. The molecule has 0 aliphatic carbocycles. The maximum absolute atomic E-state index is 4.64. The molecule has 0 aromatic carbocycles. The molecule has 0 radical (unpaired) electrons. The van der Waals surface area contributed by atoms with E-state index in [-0.39, 0.29) is 0 Å². The van der Waals surface area contributed by atoms with Gasteiger partial charge in [-0.15, -0.1) is 0 Å². The van der Waals surface area contributed by atoms with Gasteiger partial charge in [0.05, 0.1) is 5.69 Å². The highest BCUT2D eigenvalue weighted by atomic mass is 15.0. The van der Waals surface area contributed by atoms with Crippen LogP contribution in [0.2, 0.25) is 0 Å². The molecule has 0 saturated heterocycles. The molecule has 0 bridgehead atoms. The number of hydrogen-bond donors (Lipinski definition) is 2. The molecule has 0 saturated carbocycles. The molecule has 0 spiro atoms. The van der Waals surface area contributed by atoms with Gasteiger partial charge >= 0.3 is 0 Å². The molecule has 2 N–H and O–H groups in total. The van der Waals surface area contributed by atoms with E-state index in [4.69, 9.17) is 0 Å². The third-order valence-corrected chi connectivity index (χ3v) is 3.39. The van der Waals surface area contributed by atoms with Gasteiger partial charge in [0.15, 0.2) is 0 Å². The lowest BCUT2D eigenvalue weighted by Gasteiger charge is -2.14. The number of nitrogens with zero attached hydrogens (tertiary/aromatic N) is 1. The van der Waals surface area contributed by atoms with Crippen molar-refractivity contribution >= 4 is 5.82 Å². The summed E-state index contributed by atoms with van der Waals surface area (Å²) in [6.45, 7) is 11.8. The van der Waals surface area contributed by atoms with Crippen LogP contribution in [0.3, 0.4) is 0 Å². The Morgan fingerprint density at radius 2 is 1.84 bits per heavy atom. The Morgan fingerprint density at radius 3 is 2.47 bits per heavy atom. The van der Waals surface area contributed by atoms with Crippen LogP contribution < -0.4 is 10.6 Å². The van der Waals surface area contributed by atoms with Crippen LogP contribution in [0.1, 0.15) is 46.2 Å². The van der Waals surface area contributed by atoms with Crippen LogP contribution in [0.15, 0.2) is 18.2 Å². The van der Waals surface area contributed by atoms with Crippen LogP contribution in [0.5, 0.6) is 0 Å². The fourth-order valence-electron chi connectivity index (χ4n) is 1.99. The molecule has 0 aliphatic heterocycles. The Kier molecular flexibility index (Phi) is 7.49. The molecule has 3 nitrogen and oxygen atoms in total. The van der Waals surface area contributed by atoms with Crippen molar-refractivity contribution in [2.24, 2.45) is 11.8 Å². The molecule has 3 heteroatoms. The summed E-state index contributed by atoms with van der Waals surface area (Å²) in [4.78, 5) is 4.64. The highest BCUT2D eigenvalue weighted by molar-refractivity contribution is 5.35. The van der Waals surface area contributed by atoms with E-state index >= 15 is 0 Å². The maximum atomic E-state index is 4.64. The van der Waals surface area contributed by atoms with E-state index < -0.39 is 0 Å². The molecule has 108 valence electrons. The number of aromatic nitrogens is 1. The van der Waals surface area contributed by atoms with Gasteiger partial charge in [0.1, 0.15) is 5.82 Å². The van der Waals surface area contributed by atoms with E-state index in [1.165, 1.54) is 12.8 Å². The molecule has 0 fully saturated rings. The van der Waals surface area contributed by atoms with E-state index in [1.807, 2.05) is 6.07 Å². The van der Waals surface area contributed by atoms with Gasteiger partial charge < -0.3 is 10.6 Å². The molecule has 0 aliphatic rings. The lowest BCUT2D eigenvalue weighted by atomic mass is 10.0. The molecule has 1 rings (SSSR count). The van der Waals surface area contributed by atoms with Crippen molar-refractivity contribution in [3.8, 4) is 0 Å². The van der Waals surface area contributed by atoms with Crippen LogP contribution >= 0.6 is 0 Å². The molecule has 0 amide bonds. The fourth-order valence-corrected chi connectivity index (χ4v) is 1.99. The molecule has 1 aromatic rings. The number of rotatable bonds is 9. The SMILES string of the molecule is CCC(CC)CNc1cccc(CNCC(C)C)n1. The van der Waals surface area contributed by atoms with Crippen molar-refractivity contribution < 1.29 is 0 Å². The van der Waals surface area contributed by atoms with Gasteiger partial charge in [0, 0.05) is 13.1 Å². The van der Waals surface area contributed by atoms with Gasteiger partial charge in [-0.25, -0.2) is 4.98 Å². The predicted octanol–water partition coefficient (Wildman–Crippen LogP) is 3.68. The first-order chi connectivity index (χ1) is 9.15. The summed E-state index contributed by atoms with van der Waals surface area (Å²) in [6, 6.07) is 6.21. The molecule has 19 heavy (non-hydrogen) atoms. The summed E-state index contributed by atoms with van der Waals surface area (Å²) in [6.07, 6.45) is 2.44. The lowest BCUT2D eigenvalue weighted by molar-refractivity contribution is 0.518. The van der Waals surface area contributed by atoms with Gasteiger partial charge in [-0.05, 0) is 30.5 Å². The van der Waals surface area contributed by atoms with Gasteiger partial charge in [-0.2, -0.15) is 0 Å². The van der Waals surface area contributed by atoms with Gasteiger partial charge in [0.2, 0.25) is 0 Å². The Hall–Kier alpha value is -1.09. The molecular formula is C16H29N3. The number of hydrogen-bond acceptors (Lipinski definition) is 3. The van der Waals surface area contributed by atoms with Gasteiger partial charge in [-0.3, -0.25) is 0 Å². The van der Waals surface area contributed by atoms with Crippen LogP contribution in [-0.4, -0.2) is 18.1 Å². The lowest BCUT2D eigenvalue weighted by Crippen LogP contribution is -2.20. The highest BCUT2D eigenvalue weighted by Crippen LogP contribution is 2.10. The number of pyridine rings is 1. The van der Waals surface area contributed by atoms with Crippen LogP contribution in [-0.2, 0) is 6.54 Å². The van der Waals surface area contributed by atoms with E-state index in [9.17, 15) is 0 Å². The smallest absolute Gasteiger partial charge is 0.126 e. The first kappa shape index (κ1) is 16.0. The quantitative estimate of drug-likeness (QED) is 0.713. The van der Waals surface area contributed by atoms with Crippen LogP contribution in [0.4, 0.5) is 5.82 Å². The average Bonchev–Trinajstić information content (AvgIpc) is 2.40. The largest absolute Gasteiger partial charge is 0.370 e. The Labute approximate surface area is 118 Å². The second kappa shape index (κ2) is 8.92. The Bertz CT molecular complexity index is 346. The zero-order valence-electron chi connectivity index (χ0n) is 12.9. The monoisotopic (exact) mass is 263 g/mol. The predicted molar refractivity (Wildman–Crippen MR) is 83.3 cm³/mol. The average molecular weight is 263 g/mol. The Morgan fingerprint density at radius 1 is 1.11 bits per heavy atom. The topological polar surface area (TPSA) is 37.0 Å². The normalized spacial score (nSPS) is 11.3. The molecule has 0 atom stereocenters. The minimum atomic E-state index is 0.677. The third-order valence-electron chi connectivity index (χ3n) is 3.39. The minimum Gasteiger partial charge on any atom is -0.370 e. The standard InChI is InChI=1S/C16H29N3/c1-5-14(6-2)11-18-16-9-7-8-15(19-16)12-17-10-13(3)4/h7-9,13-14,17H,5-6,10-12H2,1-4H3,(H,18,19). The number of nitrogens with one attached hydrogen (secondary N) is 2. The summed E-state index contributed by atoms with van der Waals surface area (Å²) >= 11 is 0. The molecular weight excluding hydrogens is 234 g/mol. The van der Waals surface area contributed by atoms with Crippen molar-refractivity contribution in [1.82, 2.24) is 10.3 Å². The zero-order chi connectivity index (χ0) is 14.1. The van der Waals surface area contributed by atoms with Crippen molar-refractivity contribution in [3.63, 3.8) is 0 Å². The van der Waals surface area contributed by atoms with Crippen molar-refractivity contribution in [3.05, 3.63) is 23.9 Å². The summed E-state index contributed by atoms with van der Waals surface area (Å²) in [7, 11) is 0. The summed E-state index contributed by atoms with van der Waals surface area (Å²) < 4.78 is 0. The van der Waals surface area contributed by atoms with Crippen LogP contribution in [0.25, 0.3) is 0 Å². The van der Waals surface area contributed by atoms with Gasteiger partial charge in [-0.1, -0.05) is 46.6 Å². The van der Waals surface area contributed by atoms with E-state index in [1.54, 1.807) is 0 Å². The van der Waals surface area contributed by atoms with E-state index in [0.29, 0.717) is 5.92 Å². The summed E-state index contributed by atoms with van der Waals surface area (Å²) in [5.41, 5.74) is 1.11. The first-order valence-corrected chi connectivity index (χ1v) is 7.56. The maximum Gasteiger partial charge on any atom is 0.126 e. The van der Waals surface area contributed by atoms with E-state index in [2.05, 4.69) is 55.4 Å². The third kappa shape index (κ3) is 6.58. The first-order valence-electron chi connectivity index (χ1n) is 7.56. The zero-order valence-corrected chi connectivity index (χ0v) is 12.9. The minimum absolute atomic E-state index is 0.677. The Balaban J connectivity index is 2.43. The number of anilines is 1. The van der Waals surface area contributed by atoms with Crippen LogP contribution in [0, 0.1) is 11.8 Å². The highest BCUT2D eigenvalue weighted by Gasteiger charge is 2.04. The van der Waals surface area contributed by atoms with Crippen molar-refractivity contribution in [1.29, 1.82) is 0 Å². The van der Waals surface area contributed by atoms with Crippen molar-refractivity contribution in [2.45, 2.75) is 47.1 Å². The van der Waals surface area contributed by atoms with E-state index in [0.717, 1.165) is 37.1 Å². The molecule has 1 aromatic heterocycles. The fraction of sp³-hybridized carbons (Fsp3) is 0.688. The van der Waals surface area contributed by atoms with Gasteiger partial charge in [0.25, 0.3) is 0 Å². The summed E-state index contributed by atoms with van der Waals surface area (Å²) in [5, 5.41) is 6.87. The second-order valence-corrected chi connectivity index (χ2v) is 5.60. The summed E-state index contributed by atoms with van der Waals surface area (Å²) in [5.74, 6) is 2.41.